The molecule has 2 heterocycles. The molecule has 0 saturated carbocycles. The van der Waals surface area contributed by atoms with Gasteiger partial charge in [-0.1, -0.05) is 13.8 Å². The van der Waals surface area contributed by atoms with Crippen LogP contribution in [0.25, 0.3) is 11.4 Å². The zero-order valence-corrected chi connectivity index (χ0v) is 10.5. The zero-order valence-electron chi connectivity index (χ0n) is 10.5. The Bertz CT molecular complexity index is 488. The van der Waals surface area contributed by atoms with Gasteiger partial charge in [0.05, 0.1) is 0 Å². The summed E-state index contributed by atoms with van der Waals surface area (Å²) in [4.78, 5) is 8.59. The van der Waals surface area contributed by atoms with Crippen LogP contribution in [0.5, 0.6) is 0 Å². The first-order chi connectivity index (χ1) is 8.16. The van der Waals surface area contributed by atoms with Crippen LogP contribution in [-0.4, -0.2) is 20.6 Å². The Labute approximate surface area is 102 Å². The lowest BCUT2D eigenvalue weighted by atomic mass is 10.2. The number of aromatic nitrogens is 3. The lowest BCUT2D eigenvalue weighted by Crippen LogP contribution is -2.21. The van der Waals surface area contributed by atoms with Crippen molar-refractivity contribution in [3.63, 3.8) is 0 Å². The summed E-state index contributed by atoms with van der Waals surface area (Å²) in [6.45, 7) is 5.11. The third kappa shape index (κ3) is 2.91. The maximum Gasteiger partial charge on any atom is 0.141 e. The standard InChI is InChI=1S/C13H18N4/c1-10(2)16-8-11-6-12(9-14-7-11)13-15-4-5-17(13)3/h4-7,9-10,16H,8H2,1-3H3. The fraction of sp³-hybridized carbons (Fsp3) is 0.385. The van der Waals surface area contributed by atoms with Gasteiger partial charge in [0.25, 0.3) is 0 Å². The number of nitrogens with one attached hydrogen (secondary N) is 1. The Morgan fingerprint density at radius 1 is 1.35 bits per heavy atom. The van der Waals surface area contributed by atoms with E-state index in [0.29, 0.717) is 6.04 Å². The van der Waals surface area contributed by atoms with E-state index in [0.717, 1.165) is 17.9 Å². The first kappa shape index (κ1) is 11.8. The number of hydrogen-bond acceptors (Lipinski definition) is 3. The molecule has 0 aliphatic rings. The van der Waals surface area contributed by atoms with Crippen LogP contribution in [0, 0.1) is 0 Å². The maximum absolute atomic E-state index is 4.32. The molecule has 0 aliphatic carbocycles. The van der Waals surface area contributed by atoms with Gasteiger partial charge in [-0.05, 0) is 11.6 Å². The Hall–Kier alpha value is -1.68. The van der Waals surface area contributed by atoms with Crippen molar-refractivity contribution in [1.29, 1.82) is 0 Å². The molecule has 0 bridgehead atoms. The van der Waals surface area contributed by atoms with Gasteiger partial charge >= 0.3 is 0 Å². The van der Waals surface area contributed by atoms with Gasteiger partial charge in [0, 0.05) is 50.0 Å². The Balaban J connectivity index is 2.20. The van der Waals surface area contributed by atoms with Crippen molar-refractivity contribution in [3.05, 3.63) is 36.4 Å². The van der Waals surface area contributed by atoms with E-state index in [-0.39, 0.29) is 0 Å². The summed E-state index contributed by atoms with van der Waals surface area (Å²) in [7, 11) is 1.99. The second-order valence-corrected chi connectivity index (χ2v) is 4.48. The van der Waals surface area contributed by atoms with E-state index in [2.05, 4.69) is 35.2 Å². The molecule has 2 aromatic rings. The van der Waals surface area contributed by atoms with E-state index in [1.807, 2.05) is 30.2 Å². The molecule has 17 heavy (non-hydrogen) atoms. The Kier molecular flexibility index (Phi) is 3.54. The second-order valence-electron chi connectivity index (χ2n) is 4.48. The number of nitrogens with zero attached hydrogens (tertiary/aromatic N) is 3. The molecule has 0 aromatic carbocycles. The molecular formula is C13H18N4. The molecule has 1 N–H and O–H groups in total. The van der Waals surface area contributed by atoms with Gasteiger partial charge in [-0.25, -0.2) is 4.98 Å². The van der Waals surface area contributed by atoms with E-state index in [4.69, 9.17) is 0 Å². The topological polar surface area (TPSA) is 42.7 Å². The molecular weight excluding hydrogens is 212 g/mol. The van der Waals surface area contributed by atoms with E-state index < -0.39 is 0 Å². The van der Waals surface area contributed by atoms with E-state index in [1.165, 1.54) is 5.56 Å². The van der Waals surface area contributed by atoms with Crippen molar-refractivity contribution in [1.82, 2.24) is 19.9 Å². The first-order valence-electron chi connectivity index (χ1n) is 5.82. The number of imidazole rings is 1. The van der Waals surface area contributed by atoms with Crippen LogP contribution in [-0.2, 0) is 13.6 Å². The van der Waals surface area contributed by atoms with Crippen LogP contribution >= 0.6 is 0 Å². The highest BCUT2D eigenvalue weighted by atomic mass is 15.0. The number of pyridine rings is 1. The molecule has 2 rings (SSSR count). The van der Waals surface area contributed by atoms with Gasteiger partial charge in [-0.15, -0.1) is 0 Å². The smallest absolute Gasteiger partial charge is 0.141 e. The summed E-state index contributed by atoms with van der Waals surface area (Å²) in [6.07, 6.45) is 7.48. The van der Waals surface area contributed by atoms with E-state index in [9.17, 15) is 0 Å². The predicted octanol–water partition coefficient (Wildman–Crippen LogP) is 1.98. The molecule has 0 amide bonds. The predicted molar refractivity (Wildman–Crippen MR) is 68.4 cm³/mol. The summed E-state index contributed by atoms with van der Waals surface area (Å²) >= 11 is 0. The van der Waals surface area contributed by atoms with Crippen LogP contribution in [0.2, 0.25) is 0 Å². The van der Waals surface area contributed by atoms with Crippen molar-refractivity contribution in [2.75, 3.05) is 0 Å². The largest absolute Gasteiger partial charge is 0.334 e. The molecule has 0 unspecified atom stereocenters. The van der Waals surface area contributed by atoms with Crippen LogP contribution in [0.15, 0.2) is 30.9 Å². The second kappa shape index (κ2) is 5.10. The average Bonchev–Trinajstić information content (AvgIpc) is 2.73. The normalized spacial score (nSPS) is 11.1. The Morgan fingerprint density at radius 3 is 2.82 bits per heavy atom. The first-order valence-corrected chi connectivity index (χ1v) is 5.82. The summed E-state index contributed by atoms with van der Waals surface area (Å²) in [6, 6.07) is 2.61. The minimum absolute atomic E-state index is 0.479. The molecule has 2 aromatic heterocycles. The van der Waals surface area contributed by atoms with Crippen LogP contribution in [0.4, 0.5) is 0 Å². The molecule has 0 spiro atoms. The van der Waals surface area contributed by atoms with Crippen LogP contribution < -0.4 is 5.32 Å². The number of hydrogen-bond donors (Lipinski definition) is 1. The third-order valence-electron chi connectivity index (χ3n) is 2.59. The van der Waals surface area contributed by atoms with Gasteiger partial charge in [0.15, 0.2) is 0 Å². The van der Waals surface area contributed by atoms with E-state index in [1.54, 1.807) is 6.20 Å². The molecule has 0 aliphatic heterocycles. The van der Waals surface area contributed by atoms with Crippen molar-refractivity contribution < 1.29 is 0 Å². The minimum Gasteiger partial charge on any atom is -0.334 e. The van der Waals surface area contributed by atoms with Crippen molar-refractivity contribution in [2.45, 2.75) is 26.4 Å². The molecule has 0 saturated heterocycles. The van der Waals surface area contributed by atoms with Crippen molar-refractivity contribution in [3.8, 4) is 11.4 Å². The SMILES string of the molecule is CC(C)NCc1cncc(-c2nccn2C)c1. The number of aryl methyl sites for hydroxylation is 1. The van der Waals surface area contributed by atoms with Gasteiger partial charge in [0.2, 0.25) is 0 Å². The minimum atomic E-state index is 0.479. The molecule has 0 atom stereocenters. The molecule has 4 nitrogen and oxygen atoms in total. The van der Waals surface area contributed by atoms with E-state index >= 15 is 0 Å². The van der Waals surface area contributed by atoms with Gasteiger partial charge < -0.3 is 9.88 Å². The molecule has 90 valence electrons. The average molecular weight is 230 g/mol. The fourth-order valence-electron chi connectivity index (χ4n) is 1.67. The van der Waals surface area contributed by atoms with Gasteiger partial charge in [-0.2, -0.15) is 0 Å². The van der Waals surface area contributed by atoms with Crippen LogP contribution in [0.3, 0.4) is 0 Å². The third-order valence-corrected chi connectivity index (χ3v) is 2.59. The van der Waals surface area contributed by atoms with Crippen molar-refractivity contribution in [2.24, 2.45) is 7.05 Å². The van der Waals surface area contributed by atoms with Crippen molar-refractivity contribution >= 4 is 0 Å². The highest BCUT2D eigenvalue weighted by Gasteiger charge is 2.04. The lowest BCUT2D eigenvalue weighted by molar-refractivity contribution is 0.588. The summed E-state index contributed by atoms with van der Waals surface area (Å²) < 4.78 is 2.00. The van der Waals surface area contributed by atoms with Gasteiger partial charge in [-0.3, -0.25) is 4.98 Å². The van der Waals surface area contributed by atoms with Gasteiger partial charge in [0.1, 0.15) is 5.82 Å². The summed E-state index contributed by atoms with van der Waals surface area (Å²) in [5.74, 6) is 0.948. The molecule has 0 fully saturated rings. The quantitative estimate of drug-likeness (QED) is 0.873. The number of rotatable bonds is 4. The molecule has 0 radical (unpaired) electrons. The lowest BCUT2D eigenvalue weighted by Gasteiger charge is -2.09. The highest BCUT2D eigenvalue weighted by molar-refractivity contribution is 5.54. The summed E-state index contributed by atoms with van der Waals surface area (Å²) in [5.41, 5.74) is 2.24. The maximum atomic E-state index is 4.32. The highest BCUT2D eigenvalue weighted by Crippen LogP contribution is 2.16. The van der Waals surface area contributed by atoms with Crippen LogP contribution in [0.1, 0.15) is 19.4 Å². The molecule has 4 heteroatoms. The summed E-state index contributed by atoms with van der Waals surface area (Å²) in [5, 5.41) is 3.38. The fourth-order valence-corrected chi connectivity index (χ4v) is 1.67. The monoisotopic (exact) mass is 230 g/mol. The zero-order chi connectivity index (χ0) is 12.3. The Morgan fingerprint density at radius 2 is 2.18 bits per heavy atom.